The van der Waals surface area contributed by atoms with Crippen LogP contribution < -0.4 is 5.32 Å². The van der Waals surface area contributed by atoms with E-state index in [1.165, 1.54) is 12.7 Å². The van der Waals surface area contributed by atoms with Gasteiger partial charge in [0.2, 0.25) is 0 Å². The summed E-state index contributed by atoms with van der Waals surface area (Å²) in [6.45, 7) is 1.46. The molecule has 0 bridgehead atoms. The van der Waals surface area contributed by atoms with E-state index >= 15 is 0 Å². The maximum absolute atomic E-state index is 10.8. The van der Waals surface area contributed by atoms with Crippen molar-refractivity contribution >= 4 is 21.4 Å². The Balaban J connectivity index is 2.05. The van der Waals surface area contributed by atoms with E-state index in [0.717, 1.165) is 19.4 Å². The summed E-state index contributed by atoms with van der Waals surface area (Å²) in [6, 6.07) is 0. The molecule has 0 aromatic heterocycles. The molecule has 5 heteroatoms. The molecule has 0 radical (unpaired) electrons. The highest BCUT2D eigenvalue weighted by Crippen LogP contribution is 2.28. The van der Waals surface area contributed by atoms with Crippen LogP contribution in [0.4, 0.5) is 0 Å². The zero-order valence-corrected chi connectivity index (χ0v) is 10.1. The lowest BCUT2D eigenvalue weighted by Crippen LogP contribution is -2.27. The largest absolute Gasteiger partial charge is 0.315 e. The number of alkyl halides is 1. The fraction of sp³-hybridized carbons (Fsp3) is 1.00. The van der Waals surface area contributed by atoms with Gasteiger partial charge in [0, 0.05) is 18.2 Å². The summed E-state index contributed by atoms with van der Waals surface area (Å²) in [5.74, 6) is 0.862. The second kappa shape index (κ2) is 5.33. The van der Waals surface area contributed by atoms with Gasteiger partial charge in [0.25, 0.3) is 0 Å². The van der Waals surface area contributed by atoms with E-state index in [9.17, 15) is 8.42 Å². The van der Waals surface area contributed by atoms with Crippen LogP contribution in [0.3, 0.4) is 0 Å². The van der Waals surface area contributed by atoms with E-state index in [1.807, 2.05) is 0 Å². The average molecular weight is 240 g/mol. The molecule has 84 valence electrons. The predicted octanol–water partition coefficient (Wildman–Crippen LogP) is 1.03. The molecule has 0 amide bonds. The summed E-state index contributed by atoms with van der Waals surface area (Å²) >= 11 is 5.97. The molecule has 1 aliphatic carbocycles. The van der Waals surface area contributed by atoms with Crippen LogP contribution in [0.25, 0.3) is 0 Å². The van der Waals surface area contributed by atoms with Crippen LogP contribution in [-0.4, -0.2) is 38.9 Å². The molecular weight excluding hydrogens is 222 g/mol. The van der Waals surface area contributed by atoms with Crippen LogP contribution in [0.5, 0.6) is 0 Å². The highest BCUT2D eigenvalue weighted by atomic mass is 35.5. The molecule has 1 fully saturated rings. The maximum atomic E-state index is 10.8. The lowest BCUT2D eigenvalue weighted by molar-refractivity contribution is 0.498. The Hall–Kier alpha value is 0.200. The standard InChI is InChI=1S/C9H18ClNO2S/c1-14(12,13)5-4-11-7-8-2-3-9(10)6-8/h8-9,11H,2-7H2,1H3. The molecular formula is C9H18ClNO2S. The van der Waals surface area contributed by atoms with Gasteiger partial charge in [0.15, 0.2) is 0 Å². The monoisotopic (exact) mass is 239 g/mol. The Morgan fingerprint density at radius 1 is 1.43 bits per heavy atom. The van der Waals surface area contributed by atoms with Gasteiger partial charge in [-0.1, -0.05) is 0 Å². The molecule has 0 heterocycles. The SMILES string of the molecule is CS(=O)(=O)CCNCC1CCC(Cl)C1. The third kappa shape index (κ3) is 5.17. The zero-order valence-electron chi connectivity index (χ0n) is 8.50. The molecule has 3 nitrogen and oxygen atoms in total. The minimum Gasteiger partial charge on any atom is -0.315 e. The van der Waals surface area contributed by atoms with E-state index in [4.69, 9.17) is 11.6 Å². The maximum Gasteiger partial charge on any atom is 0.148 e. The Bertz CT molecular complexity index is 266. The topological polar surface area (TPSA) is 46.2 Å². The normalized spacial score (nSPS) is 28.1. The molecule has 2 atom stereocenters. The fourth-order valence-corrected chi connectivity index (χ4v) is 2.66. The van der Waals surface area contributed by atoms with Gasteiger partial charge in [-0.25, -0.2) is 8.42 Å². The number of hydrogen-bond donors (Lipinski definition) is 1. The van der Waals surface area contributed by atoms with Gasteiger partial charge in [0.05, 0.1) is 5.75 Å². The number of halogens is 1. The first kappa shape index (κ1) is 12.3. The van der Waals surface area contributed by atoms with Crippen LogP contribution in [0.2, 0.25) is 0 Å². The van der Waals surface area contributed by atoms with Crippen LogP contribution in [0.1, 0.15) is 19.3 Å². The van der Waals surface area contributed by atoms with E-state index in [-0.39, 0.29) is 5.75 Å². The molecule has 0 aliphatic heterocycles. The van der Waals surface area contributed by atoms with Crippen LogP contribution in [-0.2, 0) is 9.84 Å². The molecule has 1 N–H and O–H groups in total. The highest BCUT2D eigenvalue weighted by molar-refractivity contribution is 7.90. The Morgan fingerprint density at radius 2 is 2.14 bits per heavy atom. The van der Waals surface area contributed by atoms with E-state index in [0.29, 0.717) is 17.8 Å². The van der Waals surface area contributed by atoms with Crippen LogP contribution in [0.15, 0.2) is 0 Å². The van der Waals surface area contributed by atoms with Crippen molar-refractivity contribution in [2.75, 3.05) is 25.1 Å². The molecule has 0 spiro atoms. The van der Waals surface area contributed by atoms with Gasteiger partial charge >= 0.3 is 0 Å². The summed E-state index contributed by atoms with van der Waals surface area (Å²) in [4.78, 5) is 0. The summed E-state index contributed by atoms with van der Waals surface area (Å²) in [7, 11) is -2.82. The Kier molecular flexibility index (Phi) is 4.67. The van der Waals surface area contributed by atoms with Crippen molar-refractivity contribution in [3.05, 3.63) is 0 Å². The van der Waals surface area contributed by atoms with Gasteiger partial charge < -0.3 is 5.32 Å². The summed E-state index contributed by atoms with van der Waals surface area (Å²) in [5.41, 5.74) is 0. The van der Waals surface area contributed by atoms with Gasteiger partial charge in [0.1, 0.15) is 9.84 Å². The molecule has 1 rings (SSSR count). The van der Waals surface area contributed by atoms with Crippen molar-refractivity contribution in [3.8, 4) is 0 Å². The number of rotatable bonds is 5. The highest BCUT2D eigenvalue weighted by Gasteiger charge is 2.22. The smallest absolute Gasteiger partial charge is 0.148 e. The minimum atomic E-state index is -2.82. The molecule has 1 aliphatic rings. The number of hydrogen-bond acceptors (Lipinski definition) is 3. The Labute approximate surface area is 91.1 Å². The van der Waals surface area contributed by atoms with Gasteiger partial charge in [-0.05, 0) is 31.7 Å². The van der Waals surface area contributed by atoms with Crippen molar-refractivity contribution in [1.82, 2.24) is 5.32 Å². The summed E-state index contributed by atoms with van der Waals surface area (Å²) in [6.07, 6.45) is 4.59. The van der Waals surface area contributed by atoms with Gasteiger partial charge in [-0.15, -0.1) is 11.6 Å². The first-order valence-corrected chi connectivity index (χ1v) is 7.49. The van der Waals surface area contributed by atoms with E-state index in [1.54, 1.807) is 0 Å². The van der Waals surface area contributed by atoms with E-state index in [2.05, 4.69) is 5.32 Å². The van der Waals surface area contributed by atoms with Crippen molar-refractivity contribution in [1.29, 1.82) is 0 Å². The quantitative estimate of drug-likeness (QED) is 0.576. The second-order valence-corrected chi connectivity index (χ2v) is 6.99. The molecule has 0 saturated heterocycles. The van der Waals surface area contributed by atoms with Crippen molar-refractivity contribution in [2.24, 2.45) is 5.92 Å². The fourth-order valence-electron chi connectivity index (χ4n) is 1.76. The van der Waals surface area contributed by atoms with Crippen molar-refractivity contribution in [2.45, 2.75) is 24.6 Å². The zero-order chi connectivity index (χ0) is 10.6. The van der Waals surface area contributed by atoms with Gasteiger partial charge in [-0.2, -0.15) is 0 Å². The van der Waals surface area contributed by atoms with E-state index < -0.39 is 9.84 Å². The predicted molar refractivity (Wildman–Crippen MR) is 59.6 cm³/mol. The number of sulfone groups is 1. The summed E-state index contributed by atoms with van der Waals surface area (Å²) < 4.78 is 21.6. The molecule has 0 aromatic carbocycles. The second-order valence-electron chi connectivity index (χ2n) is 4.11. The summed E-state index contributed by atoms with van der Waals surface area (Å²) in [5, 5.41) is 3.50. The van der Waals surface area contributed by atoms with Crippen molar-refractivity contribution < 1.29 is 8.42 Å². The first-order valence-electron chi connectivity index (χ1n) is 5.00. The number of nitrogens with one attached hydrogen (secondary N) is 1. The minimum absolute atomic E-state index is 0.226. The van der Waals surface area contributed by atoms with Crippen molar-refractivity contribution in [3.63, 3.8) is 0 Å². The molecule has 14 heavy (non-hydrogen) atoms. The average Bonchev–Trinajstić information content (AvgIpc) is 2.44. The van der Waals surface area contributed by atoms with Gasteiger partial charge in [-0.3, -0.25) is 0 Å². The van der Waals surface area contributed by atoms with Crippen LogP contribution in [0, 0.1) is 5.92 Å². The lowest BCUT2D eigenvalue weighted by atomic mass is 10.1. The molecule has 2 unspecified atom stereocenters. The molecule has 1 saturated carbocycles. The molecule has 0 aromatic rings. The first-order chi connectivity index (χ1) is 6.47. The third-order valence-corrected chi connectivity index (χ3v) is 3.90. The third-order valence-electron chi connectivity index (χ3n) is 2.56. The Morgan fingerprint density at radius 3 is 2.64 bits per heavy atom. The lowest BCUT2D eigenvalue weighted by Gasteiger charge is -2.09. The van der Waals surface area contributed by atoms with Crippen LogP contribution >= 0.6 is 11.6 Å².